The Morgan fingerprint density at radius 2 is 2.43 bits per heavy atom. The Morgan fingerprint density at radius 3 is 2.86 bits per heavy atom. The van der Waals surface area contributed by atoms with E-state index in [4.69, 9.17) is 4.74 Å². The molecule has 0 spiro atoms. The Labute approximate surface area is 84.8 Å². The molecule has 1 heterocycles. The second kappa shape index (κ2) is 5.20. The zero-order valence-corrected chi connectivity index (χ0v) is 8.90. The monoisotopic (exact) mass is 201 g/mol. The van der Waals surface area contributed by atoms with Crippen LogP contribution in [0.2, 0.25) is 0 Å². The van der Waals surface area contributed by atoms with Crippen LogP contribution in [0.4, 0.5) is 4.79 Å². The fourth-order valence-electron chi connectivity index (χ4n) is 1.52. The van der Waals surface area contributed by atoms with Gasteiger partial charge < -0.3 is 14.7 Å². The lowest BCUT2D eigenvalue weighted by atomic mass is 9.99. The SMILES string of the molecule is CCCCOC(=O)N1CC[C@H]1[C@@H](C)O. The molecule has 0 radical (unpaired) electrons. The average Bonchev–Trinajstić information content (AvgIpc) is 2.01. The smallest absolute Gasteiger partial charge is 0.410 e. The molecule has 0 bridgehead atoms. The highest BCUT2D eigenvalue weighted by molar-refractivity contribution is 5.69. The van der Waals surface area contributed by atoms with Gasteiger partial charge in [-0.2, -0.15) is 0 Å². The molecule has 1 N–H and O–H groups in total. The maximum absolute atomic E-state index is 11.4. The van der Waals surface area contributed by atoms with Crippen molar-refractivity contribution in [3.05, 3.63) is 0 Å². The largest absolute Gasteiger partial charge is 0.449 e. The van der Waals surface area contributed by atoms with Gasteiger partial charge in [0.1, 0.15) is 0 Å². The van der Waals surface area contributed by atoms with Gasteiger partial charge in [0.25, 0.3) is 0 Å². The number of hydrogen-bond acceptors (Lipinski definition) is 3. The normalized spacial score (nSPS) is 22.8. The van der Waals surface area contributed by atoms with E-state index in [-0.39, 0.29) is 12.1 Å². The summed E-state index contributed by atoms with van der Waals surface area (Å²) in [7, 11) is 0. The number of carbonyl (C=O) groups is 1. The molecule has 0 aromatic carbocycles. The summed E-state index contributed by atoms with van der Waals surface area (Å²) < 4.78 is 5.04. The average molecular weight is 201 g/mol. The number of likely N-dealkylation sites (tertiary alicyclic amines) is 1. The summed E-state index contributed by atoms with van der Waals surface area (Å²) in [6.45, 7) is 4.95. The summed E-state index contributed by atoms with van der Waals surface area (Å²) in [5.74, 6) is 0. The predicted molar refractivity (Wildman–Crippen MR) is 53.0 cm³/mol. The van der Waals surface area contributed by atoms with E-state index in [0.717, 1.165) is 19.3 Å². The molecule has 1 aliphatic heterocycles. The highest BCUT2D eigenvalue weighted by atomic mass is 16.6. The minimum Gasteiger partial charge on any atom is -0.449 e. The third kappa shape index (κ3) is 2.61. The van der Waals surface area contributed by atoms with Gasteiger partial charge in [-0.05, 0) is 19.8 Å². The summed E-state index contributed by atoms with van der Waals surface area (Å²) in [5.41, 5.74) is 0. The lowest BCUT2D eigenvalue weighted by Gasteiger charge is -2.41. The Kier molecular flexibility index (Phi) is 4.20. The van der Waals surface area contributed by atoms with Crippen molar-refractivity contribution in [3.8, 4) is 0 Å². The topological polar surface area (TPSA) is 49.8 Å². The summed E-state index contributed by atoms with van der Waals surface area (Å²) in [6.07, 6.45) is 2.06. The first-order chi connectivity index (χ1) is 6.66. The number of aliphatic hydroxyl groups excluding tert-OH is 1. The van der Waals surface area contributed by atoms with E-state index in [0.29, 0.717) is 13.2 Å². The van der Waals surface area contributed by atoms with Gasteiger partial charge >= 0.3 is 6.09 Å². The van der Waals surface area contributed by atoms with E-state index < -0.39 is 6.10 Å². The number of unbranched alkanes of at least 4 members (excludes halogenated alkanes) is 1. The maximum Gasteiger partial charge on any atom is 0.410 e. The van der Waals surface area contributed by atoms with Gasteiger partial charge in [0.05, 0.1) is 18.8 Å². The Hall–Kier alpha value is -0.770. The van der Waals surface area contributed by atoms with E-state index in [2.05, 4.69) is 6.92 Å². The van der Waals surface area contributed by atoms with Gasteiger partial charge in [-0.1, -0.05) is 13.3 Å². The maximum atomic E-state index is 11.4. The van der Waals surface area contributed by atoms with Gasteiger partial charge in [-0.3, -0.25) is 0 Å². The van der Waals surface area contributed by atoms with Crippen LogP contribution in [0.1, 0.15) is 33.1 Å². The van der Waals surface area contributed by atoms with Crippen LogP contribution < -0.4 is 0 Å². The predicted octanol–water partition coefficient (Wildman–Crippen LogP) is 1.38. The van der Waals surface area contributed by atoms with Crippen molar-refractivity contribution in [2.45, 2.75) is 45.3 Å². The number of ether oxygens (including phenoxy) is 1. The second-order valence-electron chi connectivity index (χ2n) is 3.76. The van der Waals surface area contributed by atoms with Crippen molar-refractivity contribution in [1.82, 2.24) is 4.90 Å². The molecule has 2 atom stereocenters. The molecule has 0 aromatic rings. The number of carbonyl (C=O) groups excluding carboxylic acids is 1. The van der Waals surface area contributed by atoms with Crippen LogP contribution in [0.3, 0.4) is 0 Å². The molecule has 1 saturated heterocycles. The fraction of sp³-hybridized carbons (Fsp3) is 0.900. The molecule has 4 nitrogen and oxygen atoms in total. The molecule has 0 aliphatic carbocycles. The lowest BCUT2D eigenvalue weighted by molar-refractivity contribution is -0.00790. The van der Waals surface area contributed by atoms with Crippen molar-refractivity contribution in [3.63, 3.8) is 0 Å². The van der Waals surface area contributed by atoms with Crippen molar-refractivity contribution < 1.29 is 14.6 Å². The van der Waals surface area contributed by atoms with Gasteiger partial charge in [0, 0.05) is 6.54 Å². The molecular weight excluding hydrogens is 182 g/mol. The highest BCUT2D eigenvalue weighted by Crippen LogP contribution is 2.21. The molecule has 82 valence electrons. The lowest BCUT2D eigenvalue weighted by Crippen LogP contribution is -2.56. The van der Waals surface area contributed by atoms with Crippen LogP contribution in [0.25, 0.3) is 0 Å². The van der Waals surface area contributed by atoms with E-state index in [1.807, 2.05) is 0 Å². The molecular formula is C10H19NO3. The molecule has 14 heavy (non-hydrogen) atoms. The molecule has 1 amide bonds. The minimum absolute atomic E-state index is 0.0378. The van der Waals surface area contributed by atoms with Crippen LogP contribution in [0, 0.1) is 0 Å². The van der Waals surface area contributed by atoms with Crippen LogP contribution in [0.15, 0.2) is 0 Å². The van der Waals surface area contributed by atoms with Crippen LogP contribution >= 0.6 is 0 Å². The second-order valence-corrected chi connectivity index (χ2v) is 3.76. The van der Waals surface area contributed by atoms with E-state index in [1.165, 1.54) is 0 Å². The summed E-state index contributed by atoms with van der Waals surface area (Å²) in [6, 6.07) is -0.0378. The van der Waals surface area contributed by atoms with Gasteiger partial charge in [0.15, 0.2) is 0 Å². The van der Waals surface area contributed by atoms with Crippen molar-refractivity contribution in [2.75, 3.05) is 13.2 Å². The summed E-state index contributed by atoms with van der Waals surface area (Å²) >= 11 is 0. The number of nitrogens with zero attached hydrogens (tertiary/aromatic N) is 1. The van der Waals surface area contributed by atoms with Crippen molar-refractivity contribution in [2.24, 2.45) is 0 Å². The van der Waals surface area contributed by atoms with Crippen molar-refractivity contribution in [1.29, 1.82) is 0 Å². The molecule has 0 aromatic heterocycles. The van der Waals surface area contributed by atoms with Crippen LogP contribution in [0.5, 0.6) is 0 Å². The minimum atomic E-state index is -0.456. The molecule has 4 heteroatoms. The zero-order chi connectivity index (χ0) is 10.6. The van der Waals surface area contributed by atoms with Gasteiger partial charge in [0.2, 0.25) is 0 Å². The van der Waals surface area contributed by atoms with Crippen molar-refractivity contribution >= 4 is 6.09 Å². The van der Waals surface area contributed by atoms with E-state index in [9.17, 15) is 9.90 Å². The third-order valence-electron chi connectivity index (χ3n) is 2.58. The quantitative estimate of drug-likeness (QED) is 0.699. The van der Waals surface area contributed by atoms with Gasteiger partial charge in [-0.15, -0.1) is 0 Å². The number of aliphatic hydroxyl groups is 1. The number of rotatable bonds is 4. The number of amides is 1. The Balaban J connectivity index is 2.24. The van der Waals surface area contributed by atoms with Crippen LogP contribution in [-0.2, 0) is 4.74 Å². The Morgan fingerprint density at radius 1 is 1.71 bits per heavy atom. The highest BCUT2D eigenvalue weighted by Gasteiger charge is 2.36. The van der Waals surface area contributed by atoms with Crippen LogP contribution in [-0.4, -0.2) is 41.4 Å². The first-order valence-electron chi connectivity index (χ1n) is 5.28. The third-order valence-corrected chi connectivity index (χ3v) is 2.58. The number of hydrogen-bond donors (Lipinski definition) is 1. The first kappa shape index (κ1) is 11.3. The van der Waals surface area contributed by atoms with E-state index >= 15 is 0 Å². The summed E-state index contributed by atoms with van der Waals surface area (Å²) in [5, 5.41) is 9.31. The molecule has 1 fully saturated rings. The molecule has 1 rings (SSSR count). The molecule has 0 saturated carbocycles. The Bertz CT molecular complexity index is 194. The zero-order valence-electron chi connectivity index (χ0n) is 8.90. The molecule has 1 aliphatic rings. The first-order valence-corrected chi connectivity index (χ1v) is 5.28. The standard InChI is InChI=1S/C10H19NO3/c1-3-4-7-14-10(13)11-6-5-9(11)8(2)12/h8-9,12H,3-7H2,1-2H3/t8-,9+/m1/s1. The van der Waals surface area contributed by atoms with Gasteiger partial charge in [-0.25, -0.2) is 4.79 Å². The summed E-state index contributed by atoms with van der Waals surface area (Å²) in [4.78, 5) is 13.0. The molecule has 0 unspecified atom stereocenters. The van der Waals surface area contributed by atoms with E-state index in [1.54, 1.807) is 11.8 Å². The fourth-order valence-corrected chi connectivity index (χ4v) is 1.52.